The van der Waals surface area contributed by atoms with Gasteiger partial charge in [0.2, 0.25) is 0 Å². The molecule has 0 spiro atoms. The molecule has 0 N–H and O–H groups in total. The number of amides is 1. The molecule has 0 fully saturated rings. The highest BCUT2D eigenvalue weighted by molar-refractivity contribution is 7.96. The van der Waals surface area contributed by atoms with Crippen molar-refractivity contribution in [1.82, 2.24) is 4.90 Å². The molecule has 0 aromatic heterocycles. The van der Waals surface area contributed by atoms with Gasteiger partial charge in [-0.05, 0) is 20.3 Å². The summed E-state index contributed by atoms with van der Waals surface area (Å²) in [5, 5.41) is -0.128. The largest absolute Gasteiger partial charge is 0.331 e. The minimum absolute atomic E-state index is 0.128. The van der Waals surface area contributed by atoms with Crippen molar-refractivity contribution in [2.75, 3.05) is 6.54 Å². The second-order valence-electron chi connectivity index (χ2n) is 2.57. The first-order valence-corrected chi connectivity index (χ1v) is 4.03. The lowest BCUT2D eigenvalue weighted by Gasteiger charge is -2.23. The van der Waals surface area contributed by atoms with Crippen molar-refractivity contribution >= 4 is 17.9 Å². The van der Waals surface area contributed by atoms with Crippen LogP contribution in [0.3, 0.4) is 0 Å². The van der Waals surface area contributed by atoms with Crippen LogP contribution in [-0.2, 0) is 0 Å². The Morgan fingerprint density at radius 3 is 2.20 bits per heavy atom. The molecule has 10 heavy (non-hydrogen) atoms. The summed E-state index contributed by atoms with van der Waals surface area (Å²) < 4.78 is 0. The van der Waals surface area contributed by atoms with Gasteiger partial charge in [-0.3, -0.25) is 4.79 Å². The minimum Gasteiger partial charge on any atom is -0.331 e. The van der Waals surface area contributed by atoms with Crippen molar-refractivity contribution in [3.63, 3.8) is 0 Å². The van der Waals surface area contributed by atoms with Gasteiger partial charge in [-0.1, -0.05) is 19.6 Å². The smallest absolute Gasteiger partial charge is 0.278 e. The SMILES string of the molecule is CCCN(C(=O)S)C(C)C. The van der Waals surface area contributed by atoms with Crippen LogP contribution in [-0.4, -0.2) is 22.7 Å². The molecule has 0 radical (unpaired) electrons. The fourth-order valence-electron chi connectivity index (χ4n) is 0.816. The molecule has 0 rings (SSSR count). The molecular formula is C7H15NOS. The highest BCUT2D eigenvalue weighted by atomic mass is 32.1. The zero-order valence-corrected chi connectivity index (χ0v) is 7.69. The molecule has 0 aromatic rings. The fraction of sp³-hybridized carbons (Fsp3) is 0.857. The van der Waals surface area contributed by atoms with Gasteiger partial charge in [0.1, 0.15) is 0 Å². The van der Waals surface area contributed by atoms with Crippen molar-refractivity contribution in [3.8, 4) is 0 Å². The maximum atomic E-state index is 10.8. The van der Waals surface area contributed by atoms with Crippen LogP contribution in [0.2, 0.25) is 0 Å². The summed E-state index contributed by atoms with van der Waals surface area (Å²) in [6, 6.07) is 0.268. The van der Waals surface area contributed by atoms with Crippen LogP contribution in [0, 0.1) is 0 Å². The second-order valence-corrected chi connectivity index (χ2v) is 2.95. The second kappa shape index (κ2) is 4.61. The molecule has 1 amide bonds. The van der Waals surface area contributed by atoms with Gasteiger partial charge < -0.3 is 4.90 Å². The predicted octanol–water partition coefficient (Wildman–Crippen LogP) is 2.16. The summed E-state index contributed by atoms with van der Waals surface area (Å²) in [6.45, 7) is 6.83. The third-order valence-corrected chi connectivity index (χ3v) is 1.59. The highest BCUT2D eigenvalue weighted by Crippen LogP contribution is 2.03. The van der Waals surface area contributed by atoms with Gasteiger partial charge in [0, 0.05) is 12.6 Å². The van der Waals surface area contributed by atoms with Crippen LogP contribution < -0.4 is 0 Å². The molecule has 60 valence electrons. The van der Waals surface area contributed by atoms with Gasteiger partial charge in [-0.15, -0.1) is 0 Å². The Morgan fingerprint density at radius 2 is 2.10 bits per heavy atom. The van der Waals surface area contributed by atoms with Gasteiger partial charge in [0.05, 0.1) is 0 Å². The number of hydrogen-bond acceptors (Lipinski definition) is 1. The molecule has 0 aliphatic rings. The van der Waals surface area contributed by atoms with Crippen molar-refractivity contribution in [1.29, 1.82) is 0 Å². The summed E-state index contributed by atoms with van der Waals surface area (Å²) in [5.74, 6) is 0. The van der Waals surface area contributed by atoms with Crippen LogP contribution in [0.4, 0.5) is 4.79 Å². The zero-order chi connectivity index (χ0) is 8.15. The first-order valence-electron chi connectivity index (χ1n) is 3.59. The van der Waals surface area contributed by atoms with Gasteiger partial charge in [0.25, 0.3) is 5.24 Å². The highest BCUT2D eigenvalue weighted by Gasteiger charge is 2.10. The van der Waals surface area contributed by atoms with Crippen molar-refractivity contribution < 1.29 is 4.79 Å². The third-order valence-electron chi connectivity index (χ3n) is 1.33. The molecule has 0 aliphatic carbocycles. The van der Waals surface area contributed by atoms with E-state index in [4.69, 9.17) is 0 Å². The van der Waals surface area contributed by atoms with E-state index in [-0.39, 0.29) is 11.3 Å². The Morgan fingerprint density at radius 1 is 1.60 bits per heavy atom. The number of carbonyl (C=O) groups excluding carboxylic acids is 1. The summed E-state index contributed by atoms with van der Waals surface area (Å²) >= 11 is 3.75. The standard InChI is InChI=1S/C7H15NOS/c1-4-5-8(6(2)3)7(9)10/h6H,4-5H2,1-3H3,(H,9,10). The molecule has 0 aromatic carbocycles. The summed E-state index contributed by atoms with van der Waals surface area (Å²) in [4.78, 5) is 12.5. The third kappa shape index (κ3) is 3.11. The normalized spacial score (nSPS) is 10.1. The van der Waals surface area contributed by atoms with Crippen LogP contribution >= 0.6 is 12.6 Å². The summed E-state index contributed by atoms with van der Waals surface area (Å²) in [5.41, 5.74) is 0. The molecule has 0 aliphatic heterocycles. The molecule has 0 atom stereocenters. The first kappa shape index (κ1) is 9.82. The zero-order valence-electron chi connectivity index (χ0n) is 6.79. The summed E-state index contributed by atoms with van der Waals surface area (Å²) in [7, 11) is 0. The Kier molecular flexibility index (Phi) is 4.52. The summed E-state index contributed by atoms with van der Waals surface area (Å²) in [6.07, 6.45) is 0.991. The lowest BCUT2D eigenvalue weighted by Crippen LogP contribution is -2.33. The Balaban J connectivity index is 3.85. The van der Waals surface area contributed by atoms with E-state index >= 15 is 0 Å². The van der Waals surface area contributed by atoms with Gasteiger partial charge in [0.15, 0.2) is 0 Å². The monoisotopic (exact) mass is 161 g/mol. The van der Waals surface area contributed by atoms with E-state index in [9.17, 15) is 4.79 Å². The maximum absolute atomic E-state index is 10.8. The average Bonchev–Trinajstić information content (AvgIpc) is 1.81. The first-order chi connectivity index (χ1) is 4.59. The lowest BCUT2D eigenvalue weighted by molar-refractivity contribution is 0.209. The molecule has 2 nitrogen and oxygen atoms in total. The fourth-order valence-corrected chi connectivity index (χ4v) is 1.15. The van der Waals surface area contributed by atoms with E-state index in [0.717, 1.165) is 13.0 Å². The molecule has 0 bridgehead atoms. The van der Waals surface area contributed by atoms with Crippen LogP contribution in [0.1, 0.15) is 27.2 Å². The topological polar surface area (TPSA) is 20.3 Å². The number of carbonyl (C=O) groups is 1. The Labute approximate surface area is 68.0 Å². The molecule has 0 saturated heterocycles. The van der Waals surface area contributed by atoms with E-state index in [0.29, 0.717) is 0 Å². The Bertz CT molecular complexity index is 114. The van der Waals surface area contributed by atoms with Crippen LogP contribution in [0.5, 0.6) is 0 Å². The lowest BCUT2D eigenvalue weighted by atomic mass is 10.3. The average molecular weight is 161 g/mol. The van der Waals surface area contributed by atoms with Crippen LogP contribution in [0.15, 0.2) is 0 Å². The van der Waals surface area contributed by atoms with Crippen molar-refractivity contribution in [2.45, 2.75) is 33.2 Å². The number of hydrogen-bond donors (Lipinski definition) is 1. The Hall–Kier alpha value is -0.180. The van der Waals surface area contributed by atoms with Crippen LogP contribution in [0.25, 0.3) is 0 Å². The molecule has 0 saturated carbocycles. The number of nitrogens with zero attached hydrogens (tertiary/aromatic N) is 1. The minimum atomic E-state index is -0.128. The van der Waals surface area contributed by atoms with Gasteiger partial charge >= 0.3 is 0 Å². The predicted molar refractivity (Wildman–Crippen MR) is 46.5 cm³/mol. The molecule has 0 heterocycles. The molecule has 0 unspecified atom stereocenters. The quantitative estimate of drug-likeness (QED) is 0.629. The van der Waals surface area contributed by atoms with E-state index in [1.54, 1.807) is 4.90 Å². The van der Waals surface area contributed by atoms with Gasteiger partial charge in [-0.2, -0.15) is 0 Å². The van der Waals surface area contributed by atoms with E-state index in [2.05, 4.69) is 12.6 Å². The van der Waals surface area contributed by atoms with Crippen molar-refractivity contribution in [3.05, 3.63) is 0 Å². The maximum Gasteiger partial charge on any atom is 0.278 e. The van der Waals surface area contributed by atoms with Gasteiger partial charge in [-0.25, -0.2) is 0 Å². The number of rotatable bonds is 3. The van der Waals surface area contributed by atoms with E-state index in [1.165, 1.54) is 0 Å². The number of thiol groups is 1. The van der Waals surface area contributed by atoms with Crippen molar-refractivity contribution in [2.24, 2.45) is 0 Å². The molecule has 3 heteroatoms. The van der Waals surface area contributed by atoms with E-state index in [1.807, 2.05) is 20.8 Å². The van der Waals surface area contributed by atoms with E-state index < -0.39 is 0 Å². The molecular weight excluding hydrogens is 146 g/mol.